The number of hydrogen-bond donors (Lipinski definition) is 2. The van der Waals surface area contributed by atoms with Crippen molar-refractivity contribution in [2.75, 3.05) is 40.3 Å². The number of quaternary nitrogens is 1. The zero-order valence-corrected chi connectivity index (χ0v) is 23.7. The van der Waals surface area contributed by atoms with E-state index in [1.807, 2.05) is 35.7 Å². The molecule has 3 aromatic rings. The number of hydrogen-bond acceptors (Lipinski definition) is 6. The number of carboxylic acids is 1. The first-order chi connectivity index (χ1) is 18.5. The minimum Gasteiger partial charge on any atom is -0.481 e. The van der Waals surface area contributed by atoms with Gasteiger partial charge in [-0.15, -0.1) is 11.3 Å². The van der Waals surface area contributed by atoms with Crippen LogP contribution in [0.5, 0.6) is 0 Å². The van der Waals surface area contributed by atoms with Crippen molar-refractivity contribution in [1.29, 1.82) is 0 Å². The second-order valence-electron chi connectivity index (χ2n) is 11.1. The molecule has 0 bridgehead atoms. The fourth-order valence-corrected chi connectivity index (χ4v) is 7.62. The minimum absolute atomic E-state index is 0.168. The number of fused-ring (bicyclic) bond motifs is 1. The zero-order valence-electron chi connectivity index (χ0n) is 22.1. The van der Waals surface area contributed by atoms with Gasteiger partial charge in [-0.1, -0.05) is 36.4 Å². The Balaban J connectivity index is 1.28. The van der Waals surface area contributed by atoms with Gasteiger partial charge in [-0.3, -0.25) is 9.59 Å². The molecule has 0 unspecified atom stereocenters. The summed E-state index contributed by atoms with van der Waals surface area (Å²) in [7, 11) is 0.593. The molecule has 206 valence electrons. The van der Waals surface area contributed by atoms with Crippen LogP contribution in [-0.4, -0.2) is 79.4 Å². The fourth-order valence-electron chi connectivity index (χ4n) is 5.41. The Morgan fingerprint density at radius 1 is 1.08 bits per heavy atom. The van der Waals surface area contributed by atoms with Gasteiger partial charge in [0.1, 0.15) is 5.01 Å². The highest BCUT2D eigenvalue weighted by Gasteiger charge is 2.45. The molecule has 0 radical (unpaired) electrons. The number of piperazine rings is 1. The number of rotatable bonds is 8. The highest BCUT2D eigenvalue weighted by atomic mass is 32.2. The summed E-state index contributed by atoms with van der Waals surface area (Å²) in [5.74, 6) is -1.30. The summed E-state index contributed by atoms with van der Waals surface area (Å²) in [5, 5.41) is 14.9. The van der Waals surface area contributed by atoms with Crippen LogP contribution in [0.4, 0.5) is 0 Å². The van der Waals surface area contributed by atoms with Crippen LogP contribution in [0.2, 0.25) is 0 Å². The molecule has 0 atom stereocenters. The number of carbonyl (C=O) groups excluding carboxylic acids is 1. The normalized spacial score (nSPS) is 18.4. The second-order valence-corrected chi connectivity index (χ2v) is 14.0. The van der Waals surface area contributed by atoms with Crippen molar-refractivity contribution >= 4 is 33.2 Å². The molecular weight excluding hydrogens is 536 g/mol. The van der Waals surface area contributed by atoms with Crippen molar-refractivity contribution in [1.82, 2.24) is 14.6 Å². The molecule has 2 heterocycles. The lowest BCUT2D eigenvalue weighted by Crippen LogP contribution is -2.55. The number of sulfonamides is 1. The summed E-state index contributed by atoms with van der Waals surface area (Å²) < 4.78 is 28.9. The van der Waals surface area contributed by atoms with E-state index in [0.29, 0.717) is 42.2 Å². The van der Waals surface area contributed by atoms with Gasteiger partial charge in [0.2, 0.25) is 15.9 Å². The van der Waals surface area contributed by atoms with Gasteiger partial charge >= 0.3 is 5.97 Å². The molecule has 5 rings (SSSR count). The van der Waals surface area contributed by atoms with Gasteiger partial charge in [0.15, 0.2) is 0 Å². The summed E-state index contributed by atoms with van der Waals surface area (Å²) in [6.45, 7) is 2.66. The Hall–Kier alpha value is -3.12. The lowest BCUT2D eigenvalue weighted by Gasteiger charge is -2.38. The van der Waals surface area contributed by atoms with Gasteiger partial charge < -0.3 is 14.9 Å². The van der Waals surface area contributed by atoms with Crippen LogP contribution in [0.15, 0.2) is 58.8 Å². The zero-order chi connectivity index (χ0) is 27.8. The molecule has 1 saturated heterocycles. The van der Waals surface area contributed by atoms with E-state index in [4.69, 9.17) is 0 Å². The monoisotopic (exact) mass is 569 g/mol. The van der Waals surface area contributed by atoms with Crippen LogP contribution in [0.1, 0.15) is 22.6 Å². The van der Waals surface area contributed by atoms with E-state index in [0.717, 1.165) is 28.7 Å². The summed E-state index contributed by atoms with van der Waals surface area (Å²) in [4.78, 5) is 29.8. The Bertz CT molecular complexity index is 1480. The summed E-state index contributed by atoms with van der Waals surface area (Å²) in [5.41, 5.74) is 2.30. The minimum atomic E-state index is -3.61. The van der Waals surface area contributed by atoms with Gasteiger partial charge in [-0.2, -0.15) is 4.31 Å². The van der Waals surface area contributed by atoms with Crippen LogP contribution >= 0.6 is 11.3 Å². The molecule has 11 heteroatoms. The van der Waals surface area contributed by atoms with Crippen LogP contribution in [0, 0.1) is 5.41 Å². The van der Waals surface area contributed by atoms with E-state index >= 15 is 0 Å². The molecule has 1 aliphatic carbocycles. The number of thiazole rings is 1. The first kappa shape index (κ1) is 27.4. The third-order valence-electron chi connectivity index (χ3n) is 7.78. The SMILES string of the molecule is C[N+]1(C)CCN(S(=O)(=O)c2cccc(-c3csc(CNC(=O)C4(CC(=O)O)Cc5ccccc5C4)n3)c2)CC1. The smallest absolute Gasteiger partial charge is 0.304 e. The molecule has 9 nitrogen and oxygen atoms in total. The molecule has 1 amide bonds. The highest BCUT2D eigenvalue weighted by Crippen LogP contribution is 2.40. The lowest BCUT2D eigenvalue weighted by molar-refractivity contribution is -0.893. The molecule has 0 spiro atoms. The van der Waals surface area contributed by atoms with Gasteiger partial charge in [-0.25, -0.2) is 13.4 Å². The third-order valence-corrected chi connectivity index (χ3v) is 10.5. The van der Waals surface area contributed by atoms with E-state index in [2.05, 4.69) is 24.4 Å². The Labute approximate surface area is 232 Å². The molecule has 2 aliphatic rings. The van der Waals surface area contributed by atoms with Crippen LogP contribution in [0.3, 0.4) is 0 Å². The number of aliphatic carboxylic acids is 1. The van der Waals surface area contributed by atoms with Gasteiger partial charge in [0, 0.05) is 10.9 Å². The largest absolute Gasteiger partial charge is 0.481 e. The molecule has 2 aromatic carbocycles. The van der Waals surface area contributed by atoms with Crippen molar-refractivity contribution < 1.29 is 27.6 Å². The molecule has 39 heavy (non-hydrogen) atoms. The number of nitrogens with zero attached hydrogens (tertiary/aromatic N) is 3. The lowest BCUT2D eigenvalue weighted by atomic mass is 9.80. The van der Waals surface area contributed by atoms with Crippen molar-refractivity contribution in [3.8, 4) is 11.3 Å². The van der Waals surface area contributed by atoms with Gasteiger partial charge in [0.05, 0.1) is 69.2 Å². The number of carboxylic acid groups (broad SMARTS) is 1. The maximum Gasteiger partial charge on any atom is 0.304 e. The van der Waals surface area contributed by atoms with Crippen molar-refractivity contribution in [2.45, 2.75) is 30.7 Å². The Morgan fingerprint density at radius 3 is 2.38 bits per heavy atom. The number of carbonyl (C=O) groups is 2. The van der Waals surface area contributed by atoms with E-state index in [1.54, 1.807) is 22.5 Å². The van der Waals surface area contributed by atoms with Crippen molar-refractivity contribution in [2.24, 2.45) is 5.41 Å². The maximum absolute atomic E-state index is 13.3. The topological polar surface area (TPSA) is 117 Å². The van der Waals surface area contributed by atoms with Crippen LogP contribution in [-0.2, 0) is 39.0 Å². The van der Waals surface area contributed by atoms with Gasteiger partial charge in [0.25, 0.3) is 0 Å². The molecule has 0 saturated carbocycles. The van der Waals surface area contributed by atoms with E-state index in [1.165, 1.54) is 11.3 Å². The second kappa shape index (κ2) is 10.5. The summed E-state index contributed by atoms with van der Waals surface area (Å²) in [6, 6.07) is 14.5. The highest BCUT2D eigenvalue weighted by molar-refractivity contribution is 7.89. The fraction of sp³-hybridized carbons (Fsp3) is 0.393. The Morgan fingerprint density at radius 2 is 1.74 bits per heavy atom. The van der Waals surface area contributed by atoms with Gasteiger partial charge in [-0.05, 0) is 36.1 Å². The predicted molar refractivity (Wildman–Crippen MR) is 149 cm³/mol. The summed E-state index contributed by atoms with van der Waals surface area (Å²) >= 11 is 1.37. The van der Waals surface area contributed by atoms with E-state index in [9.17, 15) is 23.1 Å². The van der Waals surface area contributed by atoms with E-state index in [-0.39, 0.29) is 23.8 Å². The number of aromatic nitrogens is 1. The number of likely N-dealkylation sites (N-methyl/N-ethyl adjacent to an activating group) is 1. The number of nitrogens with one attached hydrogen (secondary N) is 1. The molecule has 1 fully saturated rings. The quantitative estimate of drug-likeness (QED) is 0.403. The number of amides is 1. The third kappa shape index (κ3) is 5.76. The average molecular weight is 570 g/mol. The molecule has 2 N–H and O–H groups in total. The van der Waals surface area contributed by atoms with Crippen LogP contribution in [0.25, 0.3) is 11.3 Å². The molecule has 1 aliphatic heterocycles. The average Bonchev–Trinajstić information content (AvgIpc) is 3.52. The number of benzene rings is 2. The summed E-state index contributed by atoms with van der Waals surface area (Å²) in [6.07, 6.45) is 0.532. The van der Waals surface area contributed by atoms with Crippen LogP contribution < -0.4 is 5.32 Å². The molecular formula is C28H33N4O5S2+. The molecule has 1 aromatic heterocycles. The van der Waals surface area contributed by atoms with Crippen molar-refractivity contribution in [3.05, 3.63) is 70.0 Å². The van der Waals surface area contributed by atoms with Crippen molar-refractivity contribution in [3.63, 3.8) is 0 Å². The van der Waals surface area contributed by atoms with E-state index < -0.39 is 21.4 Å². The predicted octanol–water partition coefficient (Wildman–Crippen LogP) is 2.77. The maximum atomic E-state index is 13.3. The Kier molecular flexibility index (Phi) is 7.36. The standard InChI is InChI=1S/C28H32N4O5S2/c1-32(2)12-10-31(11-13-32)39(36,37)23-9-5-8-20(14-23)24-19-38-25(30-24)18-29-27(35)28(17-26(33)34)15-21-6-3-4-7-22(21)16-28/h3-9,14,19H,10-13,15-18H2,1-2H3,(H-,29,33,34,35)/p+1. The first-order valence-corrected chi connectivity index (χ1v) is 15.2. The first-order valence-electron chi connectivity index (χ1n) is 12.9.